The predicted molar refractivity (Wildman–Crippen MR) is 89.0 cm³/mol. The van der Waals surface area contributed by atoms with Gasteiger partial charge in [-0.2, -0.15) is 0 Å². The summed E-state index contributed by atoms with van der Waals surface area (Å²) < 4.78 is 5.76. The topological polar surface area (TPSA) is 83.8 Å². The van der Waals surface area contributed by atoms with E-state index in [1.165, 1.54) is 12.8 Å². The second kappa shape index (κ2) is 11.4. The van der Waals surface area contributed by atoms with Gasteiger partial charge >= 0.3 is 11.9 Å². The molecule has 0 heterocycles. The lowest BCUT2D eigenvalue weighted by Crippen LogP contribution is -2.44. The predicted octanol–water partition coefficient (Wildman–Crippen LogP) is 2.19. The first-order valence-corrected chi connectivity index (χ1v) is 8.53. The van der Waals surface area contributed by atoms with E-state index in [0.29, 0.717) is 17.4 Å². The van der Waals surface area contributed by atoms with Crippen molar-refractivity contribution in [1.82, 2.24) is 0 Å². The molecule has 0 spiro atoms. The van der Waals surface area contributed by atoms with Crippen LogP contribution in [0.25, 0.3) is 0 Å². The van der Waals surface area contributed by atoms with E-state index in [2.05, 4.69) is 6.92 Å². The second-order valence-corrected chi connectivity index (χ2v) is 7.24. The number of aliphatic hydroxyl groups is 1. The number of rotatable bonds is 13. The van der Waals surface area contributed by atoms with Crippen LogP contribution in [0.4, 0.5) is 0 Å². The number of aliphatic hydroxyl groups excluding tert-OH is 1. The fraction of sp³-hybridized carbons (Fsp3) is 0.882. The van der Waals surface area contributed by atoms with Crippen molar-refractivity contribution >= 4 is 11.9 Å². The summed E-state index contributed by atoms with van der Waals surface area (Å²) in [5.74, 6) is -1.52. The van der Waals surface area contributed by atoms with Crippen molar-refractivity contribution in [1.29, 1.82) is 0 Å². The minimum atomic E-state index is -0.993. The molecule has 0 aromatic rings. The molecule has 0 saturated heterocycles. The Kier molecular flexibility index (Phi) is 10.8. The molecule has 0 aliphatic carbocycles. The maximum Gasteiger partial charge on any atom is 0.308 e. The number of unbranched alkanes of at least 4 members (excludes halogenated alkanes) is 4. The third kappa shape index (κ3) is 14.2. The van der Waals surface area contributed by atoms with Crippen molar-refractivity contribution in [2.45, 2.75) is 70.5 Å². The first kappa shape index (κ1) is 21.9. The highest BCUT2D eigenvalue weighted by molar-refractivity contribution is 5.71. The molecule has 0 aromatic carbocycles. The van der Waals surface area contributed by atoms with E-state index in [9.17, 15) is 14.7 Å². The molecule has 6 heteroatoms. The Balaban J connectivity index is 4.16. The molecule has 6 nitrogen and oxygen atoms in total. The van der Waals surface area contributed by atoms with Gasteiger partial charge in [0.15, 0.2) is 6.10 Å². The van der Waals surface area contributed by atoms with Crippen LogP contribution in [0.3, 0.4) is 0 Å². The molecule has 0 fully saturated rings. The zero-order chi connectivity index (χ0) is 17.9. The highest BCUT2D eigenvalue weighted by atomic mass is 16.5. The molecule has 2 atom stereocenters. The average molecular weight is 332 g/mol. The van der Waals surface area contributed by atoms with Crippen LogP contribution < -0.4 is 0 Å². The maximum absolute atomic E-state index is 11.9. The summed E-state index contributed by atoms with van der Waals surface area (Å²) in [5.41, 5.74) is 0. The van der Waals surface area contributed by atoms with E-state index < -0.39 is 24.1 Å². The van der Waals surface area contributed by atoms with E-state index in [-0.39, 0.29) is 12.8 Å². The van der Waals surface area contributed by atoms with E-state index in [4.69, 9.17) is 9.84 Å². The van der Waals surface area contributed by atoms with Gasteiger partial charge in [0.2, 0.25) is 0 Å². The van der Waals surface area contributed by atoms with Crippen LogP contribution in [0, 0.1) is 0 Å². The van der Waals surface area contributed by atoms with Crippen molar-refractivity contribution in [2.75, 3.05) is 27.7 Å². The average Bonchev–Trinajstić information content (AvgIpc) is 2.35. The minimum Gasteiger partial charge on any atom is -0.481 e. The van der Waals surface area contributed by atoms with E-state index in [1.807, 2.05) is 21.1 Å². The summed E-state index contributed by atoms with van der Waals surface area (Å²) in [6, 6.07) is 0. The molecular weight excluding hydrogens is 298 g/mol. The number of esters is 1. The zero-order valence-corrected chi connectivity index (χ0v) is 15.1. The van der Waals surface area contributed by atoms with Gasteiger partial charge in [-0.15, -0.1) is 0 Å². The van der Waals surface area contributed by atoms with Crippen LogP contribution in [0.1, 0.15) is 58.3 Å². The largest absolute Gasteiger partial charge is 0.481 e. The van der Waals surface area contributed by atoms with Crippen molar-refractivity contribution in [3.63, 3.8) is 0 Å². The lowest BCUT2D eigenvalue weighted by atomic mass is 10.1. The number of quaternary nitrogens is 1. The van der Waals surface area contributed by atoms with E-state index in [0.717, 1.165) is 19.3 Å². The Morgan fingerprint density at radius 3 is 2.17 bits per heavy atom. The van der Waals surface area contributed by atoms with Crippen LogP contribution in [0.5, 0.6) is 0 Å². The van der Waals surface area contributed by atoms with Gasteiger partial charge < -0.3 is 19.4 Å². The molecule has 0 aromatic heterocycles. The third-order valence-corrected chi connectivity index (χ3v) is 3.49. The second-order valence-electron chi connectivity index (χ2n) is 7.24. The number of aliphatic carboxylic acids is 1. The number of carboxylic acids is 1. The molecule has 0 amide bonds. The fourth-order valence-corrected chi connectivity index (χ4v) is 2.46. The highest BCUT2D eigenvalue weighted by Crippen LogP contribution is 2.12. The normalized spacial score (nSPS) is 14.3. The van der Waals surface area contributed by atoms with E-state index >= 15 is 0 Å². The molecule has 0 bridgehead atoms. The Hall–Kier alpha value is -1.14. The van der Waals surface area contributed by atoms with Crippen LogP contribution in [-0.4, -0.2) is 66.5 Å². The summed E-state index contributed by atoms with van der Waals surface area (Å²) in [7, 11) is 5.73. The van der Waals surface area contributed by atoms with Crippen LogP contribution in [0.15, 0.2) is 0 Å². The van der Waals surface area contributed by atoms with E-state index in [1.54, 1.807) is 0 Å². The molecule has 1 unspecified atom stereocenters. The van der Waals surface area contributed by atoms with Gasteiger partial charge in [-0.05, 0) is 6.42 Å². The number of hydrogen-bond donors (Lipinski definition) is 2. The molecule has 0 aliphatic heterocycles. The smallest absolute Gasteiger partial charge is 0.308 e. The Bertz CT molecular complexity index is 351. The number of ether oxygens (including phenoxy) is 1. The van der Waals surface area contributed by atoms with Crippen LogP contribution in [0.2, 0.25) is 0 Å². The lowest BCUT2D eigenvalue weighted by Gasteiger charge is -2.28. The molecule has 0 aliphatic rings. The van der Waals surface area contributed by atoms with Gasteiger partial charge in [0, 0.05) is 0 Å². The molecule has 23 heavy (non-hydrogen) atoms. The van der Waals surface area contributed by atoms with Crippen molar-refractivity contribution in [2.24, 2.45) is 0 Å². The molecule has 136 valence electrons. The van der Waals surface area contributed by atoms with Gasteiger partial charge in [-0.3, -0.25) is 9.59 Å². The zero-order valence-electron chi connectivity index (χ0n) is 15.1. The Morgan fingerprint density at radius 1 is 1.04 bits per heavy atom. The molecule has 0 saturated carbocycles. The molecule has 0 rings (SSSR count). The summed E-state index contributed by atoms with van der Waals surface area (Å²) in [6.07, 6.45) is 4.39. The standard InChI is InChI=1S/C17H33NO5/c1-5-6-7-8-9-10-14(19)11-17(22)23-15(12-16(20)21)13-18(2,3)4/h14-15,19H,5-13H2,1-4H3/p+1/t14?,15-/m1/s1. The van der Waals surface area contributed by atoms with Gasteiger partial charge in [0.1, 0.15) is 6.54 Å². The van der Waals surface area contributed by atoms with Crippen LogP contribution >= 0.6 is 0 Å². The van der Waals surface area contributed by atoms with Crippen molar-refractivity contribution < 1.29 is 29.0 Å². The first-order valence-electron chi connectivity index (χ1n) is 8.53. The van der Waals surface area contributed by atoms with Crippen molar-refractivity contribution in [3.8, 4) is 0 Å². The number of nitrogens with zero attached hydrogens (tertiary/aromatic N) is 1. The lowest BCUT2D eigenvalue weighted by molar-refractivity contribution is -0.873. The Labute approximate surface area is 140 Å². The van der Waals surface area contributed by atoms with Gasteiger partial charge in [0.25, 0.3) is 0 Å². The molecule has 0 radical (unpaired) electrons. The van der Waals surface area contributed by atoms with Crippen LogP contribution in [-0.2, 0) is 14.3 Å². The van der Waals surface area contributed by atoms with Gasteiger partial charge in [-0.25, -0.2) is 0 Å². The number of carbonyl (C=O) groups excluding carboxylic acids is 1. The fourth-order valence-electron chi connectivity index (χ4n) is 2.46. The highest BCUT2D eigenvalue weighted by Gasteiger charge is 2.25. The summed E-state index contributed by atoms with van der Waals surface area (Å²) >= 11 is 0. The number of carboxylic acid groups (broad SMARTS) is 1. The van der Waals surface area contributed by atoms with Gasteiger partial charge in [0.05, 0.1) is 40.1 Å². The summed E-state index contributed by atoms with van der Waals surface area (Å²) in [5, 5.41) is 18.8. The van der Waals surface area contributed by atoms with Gasteiger partial charge in [-0.1, -0.05) is 39.0 Å². The number of hydrogen-bond acceptors (Lipinski definition) is 4. The molecular formula is C17H34NO5+. The number of likely N-dealkylation sites (N-methyl/N-ethyl adjacent to an activating group) is 1. The Morgan fingerprint density at radius 2 is 1.65 bits per heavy atom. The monoisotopic (exact) mass is 332 g/mol. The summed E-state index contributed by atoms with van der Waals surface area (Å²) in [4.78, 5) is 22.8. The third-order valence-electron chi connectivity index (χ3n) is 3.49. The maximum atomic E-state index is 11.9. The number of carbonyl (C=O) groups is 2. The minimum absolute atomic E-state index is 0.0684. The molecule has 2 N–H and O–H groups in total. The SMILES string of the molecule is CCCCCCCC(O)CC(=O)O[C@H](CC(=O)O)C[N+](C)(C)C. The quantitative estimate of drug-likeness (QED) is 0.307. The summed E-state index contributed by atoms with van der Waals surface area (Å²) in [6.45, 7) is 2.57. The van der Waals surface area contributed by atoms with Crippen molar-refractivity contribution in [3.05, 3.63) is 0 Å². The first-order chi connectivity index (χ1) is 10.6.